The van der Waals surface area contributed by atoms with Gasteiger partial charge in [0.1, 0.15) is 17.3 Å². The minimum Gasteiger partial charge on any atom is -0.496 e. The Morgan fingerprint density at radius 3 is 2.32 bits per heavy atom. The minimum atomic E-state index is -3.02. The first-order valence-corrected chi connectivity index (χ1v) is 13.2. The highest BCUT2D eigenvalue weighted by Crippen LogP contribution is 2.38. The Hall–Kier alpha value is -4.53. The number of imidazole rings is 1. The van der Waals surface area contributed by atoms with Gasteiger partial charge in [-0.3, -0.25) is 14.2 Å². The van der Waals surface area contributed by atoms with Gasteiger partial charge < -0.3 is 14.8 Å². The molecule has 0 saturated carbocycles. The molecule has 0 fully saturated rings. The molecule has 0 radical (unpaired) electrons. The van der Waals surface area contributed by atoms with E-state index in [0.717, 1.165) is 22.3 Å². The third-order valence-corrected chi connectivity index (χ3v) is 7.03. The Kier molecular flexibility index (Phi) is 8.56. The number of aromatic nitrogens is 2. The van der Waals surface area contributed by atoms with Crippen LogP contribution in [0.4, 0.5) is 14.5 Å². The maximum Gasteiger partial charge on any atom is 0.304 e. The first-order chi connectivity index (χ1) is 19.5. The van der Waals surface area contributed by atoms with Crippen LogP contribution in [0.25, 0.3) is 22.5 Å². The number of amides is 1. The fraction of sp³-hybridized carbons (Fsp3) is 0.281. The third kappa shape index (κ3) is 6.14. The molecule has 214 valence electrons. The molecule has 0 saturated heterocycles. The van der Waals surface area contributed by atoms with Crippen LogP contribution in [0.2, 0.25) is 0 Å². The number of ether oxygens (including phenoxy) is 2. The van der Waals surface area contributed by atoms with Crippen LogP contribution in [-0.2, 0) is 22.2 Å². The summed E-state index contributed by atoms with van der Waals surface area (Å²) in [5.74, 6) is -3.02. The molecular formula is C32H33F2N3O4. The van der Waals surface area contributed by atoms with Crippen molar-refractivity contribution < 1.29 is 27.8 Å². The molecule has 0 unspecified atom stereocenters. The summed E-state index contributed by atoms with van der Waals surface area (Å²) >= 11 is 0. The van der Waals surface area contributed by atoms with E-state index in [9.17, 15) is 18.4 Å². The predicted molar refractivity (Wildman–Crippen MR) is 154 cm³/mol. The largest absolute Gasteiger partial charge is 0.496 e. The SMILES string of the molecule is CCC(F)(F)c1cccc(NC(=O)c2nc(-c3ccc(OC)c(-c4c(C)cccc4C)c3)n(COC(C)=O)c2C)c1. The van der Waals surface area contributed by atoms with Gasteiger partial charge in [-0.05, 0) is 67.8 Å². The number of anilines is 1. The molecule has 7 nitrogen and oxygen atoms in total. The first-order valence-electron chi connectivity index (χ1n) is 13.2. The van der Waals surface area contributed by atoms with E-state index in [1.54, 1.807) is 24.7 Å². The number of rotatable bonds is 9. The Morgan fingerprint density at radius 2 is 1.68 bits per heavy atom. The summed E-state index contributed by atoms with van der Waals surface area (Å²) in [4.78, 5) is 29.7. The molecule has 4 rings (SSSR count). The van der Waals surface area contributed by atoms with Crippen LogP contribution in [0.15, 0.2) is 60.7 Å². The smallest absolute Gasteiger partial charge is 0.304 e. The lowest BCUT2D eigenvalue weighted by Gasteiger charge is -2.16. The van der Waals surface area contributed by atoms with Gasteiger partial charge in [0, 0.05) is 35.7 Å². The number of hydrogen-bond acceptors (Lipinski definition) is 5. The Balaban J connectivity index is 1.80. The van der Waals surface area contributed by atoms with Crippen LogP contribution in [0.5, 0.6) is 5.75 Å². The second-order valence-electron chi connectivity index (χ2n) is 9.84. The van der Waals surface area contributed by atoms with E-state index in [4.69, 9.17) is 9.47 Å². The van der Waals surface area contributed by atoms with E-state index in [1.165, 1.54) is 32.0 Å². The third-order valence-electron chi connectivity index (χ3n) is 7.03. The lowest BCUT2D eigenvalue weighted by atomic mass is 9.93. The summed E-state index contributed by atoms with van der Waals surface area (Å²) in [6, 6.07) is 17.2. The quantitative estimate of drug-likeness (QED) is 0.215. The molecule has 4 aromatic rings. The highest BCUT2D eigenvalue weighted by Gasteiger charge is 2.29. The van der Waals surface area contributed by atoms with Crippen molar-refractivity contribution in [2.24, 2.45) is 0 Å². The van der Waals surface area contributed by atoms with Gasteiger partial charge in [0.15, 0.2) is 6.73 Å². The van der Waals surface area contributed by atoms with Crippen LogP contribution in [0, 0.1) is 20.8 Å². The van der Waals surface area contributed by atoms with Gasteiger partial charge >= 0.3 is 5.97 Å². The average Bonchev–Trinajstić information content (AvgIpc) is 3.27. The van der Waals surface area contributed by atoms with E-state index < -0.39 is 17.8 Å². The van der Waals surface area contributed by atoms with Gasteiger partial charge in [0.25, 0.3) is 11.8 Å². The highest BCUT2D eigenvalue weighted by molar-refractivity contribution is 6.04. The molecule has 0 aliphatic heterocycles. The number of nitrogens with zero attached hydrogens (tertiary/aromatic N) is 2. The number of nitrogens with one attached hydrogen (secondary N) is 1. The molecule has 0 aliphatic rings. The molecule has 0 spiro atoms. The number of methoxy groups -OCH3 is 1. The van der Waals surface area contributed by atoms with Crippen molar-refractivity contribution >= 4 is 17.6 Å². The summed E-state index contributed by atoms with van der Waals surface area (Å²) in [6.45, 7) is 8.26. The number of alkyl halides is 2. The van der Waals surface area contributed by atoms with Gasteiger partial charge in [0.05, 0.1) is 12.8 Å². The van der Waals surface area contributed by atoms with Crippen LogP contribution in [-0.4, -0.2) is 28.5 Å². The van der Waals surface area contributed by atoms with Crippen LogP contribution < -0.4 is 10.1 Å². The maximum atomic E-state index is 14.3. The van der Waals surface area contributed by atoms with Crippen LogP contribution >= 0.6 is 0 Å². The summed E-state index contributed by atoms with van der Waals surface area (Å²) in [6.07, 6.45) is -0.362. The highest BCUT2D eigenvalue weighted by atomic mass is 19.3. The van der Waals surface area contributed by atoms with E-state index >= 15 is 0 Å². The minimum absolute atomic E-state index is 0.0734. The van der Waals surface area contributed by atoms with Crippen LogP contribution in [0.3, 0.4) is 0 Å². The molecule has 1 amide bonds. The lowest BCUT2D eigenvalue weighted by Crippen LogP contribution is -2.16. The number of benzene rings is 3. The molecule has 1 heterocycles. The first kappa shape index (κ1) is 29.5. The summed E-state index contributed by atoms with van der Waals surface area (Å²) in [5.41, 5.74) is 5.21. The lowest BCUT2D eigenvalue weighted by molar-refractivity contribution is -0.144. The number of hydrogen-bond donors (Lipinski definition) is 1. The molecule has 41 heavy (non-hydrogen) atoms. The summed E-state index contributed by atoms with van der Waals surface area (Å²) in [5, 5.41) is 2.69. The monoisotopic (exact) mass is 561 g/mol. The van der Waals surface area contributed by atoms with E-state index in [0.29, 0.717) is 22.8 Å². The van der Waals surface area contributed by atoms with Crippen molar-refractivity contribution in [2.75, 3.05) is 12.4 Å². The summed E-state index contributed by atoms with van der Waals surface area (Å²) < 4.78 is 41.1. The molecule has 0 aliphatic carbocycles. The number of esters is 1. The number of halogens is 2. The fourth-order valence-electron chi connectivity index (χ4n) is 4.78. The van der Waals surface area contributed by atoms with E-state index in [1.807, 2.05) is 50.2 Å². The van der Waals surface area contributed by atoms with Crippen molar-refractivity contribution in [1.82, 2.24) is 9.55 Å². The number of aryl methyl sites for hydroxylation is 2. The van der Waals surface area contributed by atoms with Crippen molar-refractivity contribution in [2.45, 2.75) is 53.7 Å². The molecule has 0 atom stereocenters. The van der Waals surface area contributed by atoms with Gasteiger partial charge in [0.2, 0.25) is 0 Å². The van der Waals surface area contributed by atoms with E-state index in [2.05, 4.69) is 10.3 Å². The number of carbonyl (C=O) groups is 2. The van der Waals surface area contributed by atoms with Gasteiger partial charge in [-0.1, -0.05) is 37.3 Å². The summed E-state index contributed by atoms with van der Waals surface area (Å²) in [7, 11) is 1.60. The van der Waals surface area contributed by atoms with Crippen molar-refractivity contribution in [1.29, 1.82) is 0 Å². The Bertz CT molecular complexity index is 1590. The average molecular weight is 562 g/mol. The maximum absolute atomic E-state index is 14.3. The van der Waals surface area contributed by atoms with Gasteiger partial charge in [-0.15, -0.1) is 0 Å². The number of carbonyl (C=O) groups excluding carboxylic acids is 2. The second-order valence-corrected chi connectivity index (χ2v) is 9.84. The van der Waals surface area contributed by atoms with Gasteiger partial charge in [-0.2, -0.15) is 0 Å². The zero-order valence-corrected chi connectivity index (χ0v) is 24.0. The molecule has 1 aromatic heterocycles. The topological polar surface area (TPSA) is 82.4 Å². The van der Waals surface area contributed by atoms with E-state index in [-0.39, 0.29) is 30.1 Å². The Labute approximate surface area is 238 Å². The molecule has 9 heteroatoms. The zero-order chi connectivity index (χ0) is 29.9. The van der Waals surface area contributed by atoms with Crippen molar-refractivity contribution in [3.63, 3.8) is 0 Å². The zero-order valence-electron chi connectivity index (χ0n) is 24.0. The molecular weight excluding hydrogens is 528 g/mol. The standard InChI is InChI=1S/C32H33F2N3O4/c1-7-32(33,34)24-12-9-13-25(17-24)35-31(39)29-21(4)37(18-41-22(5)38)30(36-29)23-14-15-27(40-6)26(16-23)28-19(2)10-8-11-20(28)3/h8-17H,7,18H2,1-6H3,(H,35,39). The van der Waals surface area contributed by atoms with Crippen molar-refractivity contribution in [3.8, 4) is 28.3 Å². The Morgan fingerprint density at radius 1 is 1.00 bits per heavy atom. The second kappa shape index (κ2) is 11.9. The molecule has 1 N–H and O–H groups in total. The van der Waals surface area contributed by atoms with Crippen LogP contribution in [0.1, 0.15) is 53.1 Å². The molecule has 0 bridgehead atoms. The normalized spacial score (nSPS) is 11.3. The van der Waals surface area contributed by atoms with Gasteiger partial charge in [-0.25, -0.2) is 13.8 Å². The molecule has 3 aromatic carbocycles. The van der Waals surface area contributed by atoms with Crippen molar-refractivity contribution in [3.05, 3.63) is 88.7 Å². The predicted octanol–water partition coefficient (Wildman–Crippen LogP) is 7.43. The fourth-order valence-corrected chi connectivity index (χ4v) is 4.78.